The maximum atomic E-state index is 12.4. The summed E-state index contributed by atoms with van der Waals surface area (Å²) >= 11 is 0. The maximum Gasteiger partial charge on any atom is 0.356 e. The van der Waals surface area contributed by atoms with Crippen molar-refractivity contribution in [3.8, 4) is 5.75 Å². The van der Waals surface area contributed by atoms with Crippen molar-refractivity contribution in [2.24, 2.45) is 0 Å². The molecule has 0 saturated carbocycles. The second-order valence-corrected chi connectivity index (χ2v) is 6.55. The number of carbonyl (C=O) groups is 2. The highest BCUT2D eigenvalue weighted by Gasteiger charge is 2.15. The third-order valence-corrected chi connectivity index (χ3v) is 4.25. The second kappa shape index (κ2) is 11.2. The van der Waals surface area contributed by atoms with Crippen LogP contribution in [0.25, 0.3) is 0 Å². The molecule has 31 heavy (non-hydrogen) atoms. The molecule has 0 aliphatic heterocycles. The topological polar surface area (TPSA) is 76.7 Å². The van der Waals surface area contributed by atoms with Crippen molar-refractivity contribution in [2.75, 3.05) is 11.9 Å². The molecule has 3 aromatic carbocycles. The number of nitrogens with one attached hydrogen (secondary N) is 2. The first kappa shape index (κ1) is 21.6. The first-order chi connectivity index (χ1) is 15.2. The minimum Gasteiger partial charge on any atom is -0.489 e. The van der Waals surface area contributed by atoms with Gasteiger partial charge in [0.2, 0.25) is 0 Å². The summed E-state index contributed by atoms with van der Waals surface area (Å²) in [5, 5.41) is 5.63. The molecule has 158 valence electrons. The van der Waals surface area contributed by atoms with E-state index >= 15 is 0 Å². The molecule has 2 N–H and O–H groups in total. The molecule has 1 amide bonds. The van der Waals surface area contributed by atoms with Crippen LogP contribution in [-0.4, -0.2) is 18.5 Å². The van der Waals surface area contributed by atoms with Crippen LogP contribution in [0.5, 0.6) is 5.75 Å². The highest BCUT2D eigenvalue weighted by Crippen LogP contribution is 2.19. The van der Waals surface area contributed by atoms with E-state index < -0.39 is 11.9 Å². The van der Waals surface area contributed by atoms with Gasteiger partial charge in [0, 0.05) is 23.5 Å². The average molecular weight is 416 g/mol. The Morgan fingerprint density at radius 3 is 2.32 bits per heavy atom. The fourth-order valence-electron chi connectivity index (χ4n) is 2.71. The molecule has 0 unspecified atom stereocenters. The van der Waals surface area contributed by atoms with Crippen molar-refractivity contribution in [2.45, 2.75) is 13.5 Å². The molecule has 0 atom stereocenters. The molecular weight excluding hydrogens is 392 g/mol. The molecule has 0 aromatic heterocycles. The lowest BCUT2D eigenvalue weighted by Gasteiger charge is -2.11. The van der Waals surface area contributed by atoms with E-state index in [0.717, 1.165) is 5.56 Å². The van der Waals surface area contributed by atoms with Gasteiger partial charge in [-0.1, -0.05) is 54.6 Å². The number of benzene rings is 3. The second-order valence-electron chi connectivity index (χ2n) is 6.55. The van der Waals surface area contributed by atoms with E-state index in [2.05, 4.69) is 10.6 Å². The Morgan fingerprint density at radius 1 is 0.903 bits per heavy atom. The molecule has 0 saturated heterocycles. The lowest BCUT2D eigenvalue weighted by atomic mass is 10.2. The van der Waals surface area contributed by atoms with E-state index in [9.17, 15) is 9.59 Å². The lowest BCUT2D eigenvalue weighted by molar-refractivity contribution is -0.138. The van der Waals surface area contributed by atoms with Crippen molar-refractivity contribution in [1.82, 2.24) is 5.32 Å². The summed E-state index contributed by atoms with van der Waals surface area (Å²) in [7, 11) is 0. The Bertz CT molecular complexity index is 1030. The zero-order valence-electron chi connectivity index (χ0n) is 17.2. The van der Waals surface area contributed by atoms with Gasteiger partial charge in [0.15, 0.2) is 0 Å². The number of hydrogen-bond donors (Lipinski definition) is 2. The largest absolute Gasteiger partial charge is 0.489 e. The number of rotatable bonds is 9. The first-order valence-corrected chi connectivity index (χ1v) is 9.92. The van der Waals surface area contributed by atoms with E-state index in [-0.39, 0.29) is 12.3 Å². The quantitative estimate of drug-likeness (QED) is 0.396. The predicted molar refractivity (Wildman–Crippen MR) is 119 cm³/mol. The average Bonchev–Trinajstić information content (AvgIpc) is 2.82. The Kier molecular flexibility index (Phi) is 7.83. The Hall–Kier alpha value is -4.06. The highest BCUT2D eigenvalue weighted by molar-refractivity contribution is 6.01. The van der Waals surface area contributed by atoms with Crippen LogP contribution < -0.4 is 15.4 Å². The van der Waals surface area contributed by atoms with Gasteiger partial charge >= 0.3 is 5.97 Å². The van der Waals surface area contributed by atoms with Gasteiger partial charge in [0.05, 0.1) is 6.61 Å². The summed E-state index contributed by atoms with van der Waals surface area (Å²) in [6, 6.07) is 25.8. The van der Waals surface area contributed by atoms with Crippen LogP contribution in [0.15, 0.2) is 96.8 Å². The predicted octanol–water partition coefficient (Wildman–Crippen LogP) is 4.51. The number of ether oxygens (including phenoxy) is 2. The number of esters is 1. The smallest absolute Gasteiger partial charge is 0.356 e. The minimum absolute atomic E-state index is 0.00584. The Labute approximate surface area is 181 Å². The van der Waals surface area contributed by atoms with Crippen LogP contribution in [0, 0.1) is 0 Å². The summed E-state index contributed by atoms with van der Waals surface area (Å²) in [5.41, 5.74) is 2.20. The Balaban J connectivity index is 1.69. The summed E-state index contributed by atoms with van der Waals surface area (Å²) in [6.07, 6.45) is 1.41. The van der Waals surface area contributed by atoms with Crippen molar-refractivity contribution in [3.05, 3.63) is 108 Å². The summed E-state index contributed by atoms with van der Waals surface area (Å²) in [4.78, 5) is 24.7. The molecule has 0 fully saturated rings. The van der Waals surface area contributed by atoms with Crippen molar-refractivity contribution in [1.29, 1.82) is 0 Å². The molecule has 3 aromatic rings. The lowest BCUT2D eigenvalue weighted by Crippen LogP contribution is -2.29. The summed E-state index contributed by atoms with van der Waals surface area (Å²) < 4.78 is 10.9. The normalized spacial score (nSPS) is 10.8. The van der Waals surface area contributed by atoms with E-state index in [1.807, 2.05) is 54.6 Å². The maximum absolute atomic E-state index is 12.4. The SMILES string of the molecule is CCOC(=O)/C(=C/Nc1cccc(OCc2ccccc2)c1)NC(=O)c1ccccc1. The third-order valence-electron chi connectivity index (χ3n) is 4.25. The first-order valence-electron chi connectivity index (χ1n) is 9.92. The van der Waals surface area contributed by atoms with Crippen molar-refractivity contribution < 1.29 is 19.1 Å². The van der Waals surface area contributed by atoms with Gasteiger partial charge in [-0.2, -0.15) is 0 Å². The monoisotopic (exact) mass is 416 g/mol. The Morgan fingerprint density at radius 2 is 1.61 bits per heavy atom. The van der Waals surface area contributed by atoms with Gasteiger partial charge in [0.25, 0.3) is 5.91 Å². The fourth-order valence-corrected chi connectivity index (χ4v) is 2.71. The number of amides is 1. The van der Waals surface area contributed by atoms with Crippen LogP contribution in [0.2, 0.25) is 0 Å². The van der Waals surface area contributed by atoms with Crippen molar-refractivity contribution in [3.63, 3.8) is 0 Å². The molecule has 0 aliphatic carbocycles. The zero-order valence-corrected chi connectivity index (χ0v) is 17.2. The molecule has 0 aliphatic rings. The molecule has 0 bridgehead atoms. The molecule has 0 radical (unpaired) electrons. The minimum atomic E-state index is -0.629. The summed E-state index contributed by atoms with van der Waals surface area (Å²) in [5.74, 6) is -0.356. The van der Waals surface area contributed by atoms with E-state index in [0.29, 0.717) is 23.6 Å². The molecule has 3 rings (SSSR count). The molecular formula is C25H24N2O4. The van der Waals surface area contributed by atoms with Crippen LogP contribution in [0.4, 0.5) is 5.69 Å². The van der Waals surface area contributed by atoms with Gasteiger partial charge < -0.3 is 20.1 Å². The van der Waals surface area contributed by atoms with Crippen LogP contribution >= 0.6 is 0 Å². The fraction of sp³-hybridized carbons (Fsp3) is 0.120. The van der Waals surface area contributed by atoms with Gasteiger partial charge in [-0.3, -0.25) is 4.79 Å². The van der Waals surface area contributed by atoms with Gasteiger partial charge in [-0.05, 0) is 36.8 Å². The number of anilines is 1. The molecule has 6 heteroatoms. The van der Waals surface area contributed by atoms with Crippen molar-refractivity contribution >= 4 is 17.6 Å². The highest BCUT2D eigenvalue weighted by atomic mass is 16.5. The van der Waals surface area contributed by atoms with Gasteiger partial charge in [-0.25, -0.2) is 4.79 Å². The van der Waals surface area contributed by atoms with Gasteiger partial charge in [0.1, 0.15) is 18.1 Å². The number of hydrogen-bond acceptors (Lipinski definition) is 5. The molecule has 0 heterocycles. The third kappa shape index (κ3) is 6.75. The zero-order chi connectivity index (χ0) is 21.9. The van der Waals surface area contributed by atoms with Crippen LogP contribution in [-0.2, 0) is 16.1 Å². The summed E-state index contributed by atoms with van der Waals surface area (Å²) in [6.45, 7) is 2.34. The van der Waals surface area contributed by atoms with E-state index in [4.69, 9.17) is 9.47 Å². The van der Waals surface area contributed by atoms with Crippen LogP contribution in [0.3, 0.4) is 0 Å². The number of carbonyl (C=O) groups excluding carboxylic acids is 2. The molecule has 6 nitrogen and oxygen atoms in total. The van der Waals surface area contributed by atoms with Crippen LogP contribution in [0.1, 0.15) is 22.8 Å². The molecule has 0 spiro atoms. The van der Waals surface area contributed by atoms with E-state index in [1.165, 1.54) is 6.20 Å². The van der Waals surface area contributed by atoms with Gasteiger partial charge in [-0.15, -0.1) is 0 Å². The standard InChI is InChI=1S/C25H24N2O4/c1-2-30-25(29)23(27-24(28)20-12-7-4-8-13-20)17-26-21-14-9-15-22(16-21)31-18-19-10-5-3-6-11-19/h3-17,26H,2,18H2,1H3,(H,27,28)/b23-17-. The van der Waals surface area contributed by atoms with E-state index in [1.54, 1.807) is 37.3 Å².